The van der Waals surface area contributed by atoms with E-state index in [9.17, 15) is 10.1 Å². The average Bonchev–Trinajstić information content (AvgIpc) is 2.78. The number of nitrogens with zero attached hydrogens (tertiary/aromatic N) is 3. The summed E-state index contributed by atoms with van der Waals surface area (Å²) in [6, 6.07) is 11.0. The van der Waals surface area contributed by atoms with Gasteiger partial charge in [-0.3, -0.25) is 15.1 Å². The maximum absolute atomic E-state index is 10.8. The number of benzene rings is 2. The second-order valence-corrected chi connectivity index (χ2v) is 8.08. The summed E-state index contributed by atoms with van der Waals surface area (Å²) in [5.74, 6) is 1.50. The molecule has 4 rings (SSSR count). The lowest BCUT2D eigenvalue weighted by molar-refractivity contribution is -0.384. The van der Waals surface area contributed by atoms with E-state index >= 15 is 0 Å². The zero-order valence-corrected chi connectivity index (χ0v) is 19.9. The maximum atomic E-state index is 10.8. The molecule has 0 bridgehead atoms. The average molecular weight is 482 g/mol. The molecule has 2 aromatic rings. The highest BCUT2D eigenvalue weighted by molar-refractivity contribution is 5.86. The van der Waals surface area contributed by atoms with E-state index in [0.29, 0.717) is 0 Å². The molecular weight excluding hydrogens is 453 g/mol. The predicted molar refractivity (Wildman–Crippen MR) is 131 cm³/mol. The van der Waals surface area contributed by atoms with Gasteiger partial charge in [0.05, 0.1) is 24.7 Å². The summed E-state index contributed by atoms with van der Waals surface area (Å²) in [6.45, 7) is 2.97. The number of piperidine rings is 1. The molecule has 2 heterocycles. The van der Waals surface area contributed by atoms with Crippen LogP contribution in [-0.4, -0.2) is 55.4 Å². The Morgan fingerprint density at radius 3 is 2.28 bits per heavy atom. The highest BCUT2D eigenvalue weighted by Crippen LogP contribution is 2.38. The third-order valence-electron chi connectivity index (χ3n) is 6.29. The fourth-order valence-electron chi connectivity index (χ4n) is 4.39. The summed E-state index contributed by atoms with van der Waals surface area (Å²) < 4.78 is 10.9. The van der Waals surface area contributed by atoms with E-state index in [0.717, 1.165) is 67.9 Å². The summed E-state index contributed by atoms with van der Waals surface area (Å²) in [5, 5.41) is 10.8. The smallest absolute Gasteiger partial charge is 0.269 e. The van der Waals surface area contributed by atoms with E-state index in [1.807, 2.05) is 24.4 Å². The number of hydrogen-bond acceptors (Lipinski definition) is 6. The van der Waals surface area contributed by atoms with Gasteiger partial charge in [-0.15, -0.1) is 24.8 Å². The molecule has 0 radical (unpaired) electrons. The molecule has 0 saturated carbocycles. The van der Waals surface area contributed by atoms with Gasteiger partial charge in [0.1, 0.15) is 0 Å². The number of rotatable bonds is 6. The third kappa shape index (κ3) is 5.52. The number of likely N-dealkylation sites (tertiary alicyclic amines) is 1. The molecule has 0 unspecified atom stereocenters. The van der Waals surface area contributed by atoms with E-state index in [2.05, 4.69) is 11.0 Å². The Morgan fingerprint density at radius 1 is 1.06 bits per heavy atom. The summed E-state index contributed by atoms with van der Waals surface area (Å²) in [4.78, 5) is 17.8. The van der Waals surface area contributed by atoms with Crippen LogP contribution in [0.3, 0.4) is 0 Å². The molecule has 2 aliphatic rings. The lowest BCUT2D eigenvalue weighted by Crippen LogP contribution is -2.46. The SMILES string of the molecule is COc1cc2c(cc1OC)CC1(CCN(CCc3ccc([N+](=O)[O-])cc3)CC1)N=C2.Cl.Cl. The van der Waals surface area contributed by atoms with Crippen molar-refractivity contribution < 1.29 is 14.4 Å². The molecule has 0 aliphatic carbocycles. The first-order chi connectivity index (χ1) is 14.5. The van der Waals surface area contributed by atoms with Crippen LogP contribution in [0.5, 0.6) is 11.5 Å². The minimum absolute atomic E-state index is 0. The van der Waals surface area contributed by atoms with Crippen molar-refractivity contribution in [3.63, 3.8) is 0 Å². The van der Waals surface area contributed by atoms with Crippen LogP contribution in [0, 0.1) is 10.1 Å². The Labute approximate surface area is 200 Å². The number of fused-ring (bicyclic) bond motifs is 1. The van der Waals surface area contributed by atoms with E-state index < -0.39 is 0 Å². The van der Waals surface area contributed by atoms with E-state index in [1.54, 1.807) is 26.4 Å². The molecule has 0 aromatic heterocycles. The monoisotopic (exact) mass is 481 g/mol. The van der Waals surface area contributed by atoms with Crippen LogP contribution in [0.25, 0.3) is 0 Å². The molecule has 7 nitrogen and oxygen atoms in total. The molecular formula is C23H29Cl2N3O4. The number of nitro benzene ring substituents is 1. The van der Waals surface area contributed by atoms with Crippen LogP contribution in [0.2, 0.25) is 0 Å². The van der Waals surface area contributed by atoms with Crippen LogP contribution >= 0.6 is 24.8 Å². The van der Waals surface area contributed by atoms with Crippen LogP contribution in [-0.2, 0) is 12.8 Å². The summed E-state index contributed by atoms with van der Waals surface area (Å²) in [7, 11) is 3.32. The van der Waals surface area contributed by atoms with Crippen molar-refractivity contribution in [2.45, 2.75) is 31.2 Å². The van der Waals surface area contributed by atoms with Crippen molar-refractivity contribution in [3.8, 4) is 11.5 Å². The predicted octanol–water partition coefficient (Wildman–Crippen LogP) is 4.51. The normalized spacial score (nSPS) is 16.4. The fourth-order valence-corrected chi connectivity index (χ4v) is 4.39. The second-order valence-electron chi connectivity index (χ2n) is 8.08. The Bertz CT molecular complexity index is 958. The minimum atomic E-state index is -0.359. The molecule has 0 N–H and O–H groups in total. The van der Waals surface area contributed by atoms with Crippen LogP contribution in [0.15, 0.2) is 41.4 Å². The van der Waals surface area contributed by atoms with Crippen LogP contribution in [0.4, 0.5) is 5.69 Å². The van der Waals surface area contributed by atoms with Gasteiger partial charge >= 0.3 is 0 Å². The van der Waals surface area contributed by atoms with Crippen molar-refractivity contribution in [3.05, 3.63) is 63.2 Å². The van der Waals surface area contributed by atoms with Gasteiger partial charge in [-0.2, -0.15) is 0 Å². The first kappa shape index (κ1) is 25.9. The lowest BCUT2D eigenvalue weighted by atomic mass is 9.79. The third-order valence-corrected chi connectivity index (χ3v) is 6.29. The zero-order chi connectivity index (χ0) is 21.1. The number of non-ortho nitro benzene ring substituents is 1. The molecule has 174 valence electrons. The van der Waals surface area contributed by atoms with Crippen molar-refractivity contribution in [2.75, 3.05) is 33.9 Å². The number of hydrogen-bond donors (Lipinski definition) is 0. The second kappa shape index (κ2) is 11.0. The van der Waals surface area contributed by atoms with Gasteiger partial charge in [-0.1, -0.05) is 12.1 Å². The standard InChI is InChI=1S/C23H27N3O4.2ClH/c1-29-21-13-18-15-23(24-16-19(18)14-22(21)30-2)8-11-25(12-9-23)10-7-17-3-5-20(6-4-17)26(27)28;;/h3-6,13-14,16H,7-12,15H2,1-2H3;2*1H. The fraction of sp³-hybridized carbons (Fsp3) is 0.435. The number of nitro groups is 1. The van der Waals surface area contributed by atoms with Crippen molar-refractivity contribution in [2.24, 2.45) is 4.99 Å². The molecule has 2 aromatic carbocycles. The molecule has 1 fully saturated rings. The molecule has 9 heteroatoms. The van der Waals surface area contributed by atoms with Crippen molar-refractivity contribution in [1.82, 2.24) is 4.90 Å². The van der Waals surface area contributed by atoms with Gasteiger partial charge in [-0.25, -0.2) is 0 Å². The number of halogens is 2. The Kier molecular flexibility index (Phi) is 8.89. The topological polar surface area (TPSA) is 77.2 Å². The van der Waals surface area contributed by atoms with Gasteiger partial charge in [-0.05, 0) is 54.5 Å². The van der Waals surface area contributed by atoms with Gasteiger partial charge in [0.25, 0.3) is 5.69 Å². The van der Waals surface area contributed by atoms with Crippen molar-refractivity contribution >= 4 is 36.7 Å². The van der Waals surface area contributed by atoms with Gasteiger partial charge in [0, 0.05) is 38.0 Å². The lowest BCUT2D eigenvalue weighted by Gasteiger charge is -2.41. The Morgan fingerprint density at radius 2 is 1.69 bits per heavy atom. The Hall–Kier alpha value is -2.35. The molecule has 1 saturated heterocycles. The number of aliphatic imine (C=N–C) groups is 1. The van der Waals surface area contributed by atoms with Gasteiger partial charge < -0.3 is 14.4 Å². The summed E-state index contributed by atoms with van der Waals surface area (Å²) in [6.07, 6.45) is 5.87. The van der Waals surface area contributed by atoms with Crippen LogP contribution < -0.4 is 9.47 Å². The largest absolute Gasteiger partial charge is 0.493 e. The van der Waals surface area contributed by atoms with E-state index in [-0.39, 0.29) is 41.0 Å². The minimum Gasteiger partial charge on any atom is -0.493 e. The zero-order valence-electron chi connectivity index (χ0n) is 18.3. The first-order valence-corrected chi connectivity index (χ1v) is 10.3. The number of methoxy groups -OCH3 is 2. The summed E-state index contributed by atoms with van der Waals surface area (Å²) >= 11 is 0. The molecule has 1 spiro atoms. The number of ether oxygens (including phenoxy) is 2. The van der Waals surface area contributed by atoms with Crippen LogP contribution in [0.1, 0.15) is 29.5 Å². The summed E-state index contributed by atoms with van der Waals surface area (Å²) in [5.41, 5.74) is 3.62. The molecule has 0 amide bonds. The van der Waals surface area contributed by atoms with Crippen molar-refractivity contribution in [1.29, 1.82) is 0 Å². The maximum Gasteiger partial charge on any atom is 0.269 e. The molecule has 0 atom stereocenters. The van der Waals surface area contributed by atoms with E-state index in [1.165, 1.54) is 5.56 Å². The highest BCUT2D eigenvalue weighted by atomic mass is 35.5. The highest BCUT2D eigenvalue weighted by Gasteiger charge is 2.36. The van der Waals surface area contributed by atoms with Gasteiger partial charge in [0.15, 0.2) is 11.5 Å². The molecule has 32 heavy (non-hydrogen) atoms. The van der Waals surface area contributed by atoms with E-state index in [4.69, 9.17) is 14.5 Å². The first-order valence-electron chi connectivity index (χ1n) is 10.3. The van der Waals surface area contributed by atoms with Gasteiger partial charge in [0.2, 0.25) is 0 Å². The quantitative estimate of drug-likeness (QED) is 0.448. The Balaban J connectivity index is 0.00000181. The molecule has 2 aliphatic heterocycles.